The van der Waals surface area contributed by atoms with Crippen molar-refractivity contribution in [1.82, 2.24) is 4.90 Å². The summed E-state index contributed by atoms with van der Waals surface area (Å²) in [4.78, 5) is 22.3. The predicted molar refractivity (Wildman–Crippen MR) is 65.7 cm³/mol. The molecule has 0 fully saturated rings. The summed E-state index contributed by atoms with van der Waals surface area (Å²) in [5.74, 6) is -1.00. The number of hydrogen-bond donors (Lipinski definition) is 0. The lowest BCUT2D eigenvalue weighted by molar-refractivity contribution is -0.384. The van der Waals surface area contributed by atoms with Crippen molar-refractivity contribution in [1.29, 1.82) is 0 Å². The van der Waals surface area contributed by atoms with Gasteiger partial charge in [0.1, 0.15) is 6.54 Å². The molecule has 0 aromatic heterocycles. The maximum atomic E-state index is 12.3. The molecule has 20 heavy (non-hydrogen) atoms. The maximum Gasteiger partial charge on any atom is 0.406 e. The van der Waals surface area contributed by atoms with E-state index in [1.807, 2.05) is 0 Å². The minimum atomic E-state index is -4.56. The van der Waals surface area contributed by atoms with Gasteiger partial charge in [0.15, 0.2) is 0 Å². The van der Waals surface area contributed by atoms with Crippen molar-refractivity contribution in [2.45, 2.75) is 13.1 Å². The van der Waals surface area contributed by atoms with Gasteiger partial charge in [-0.3, -0.25) is 14.9 Å². The van der Waals surface area contributed by atoms with Gasteiger partial charge in [-0.05, 0) is 13.0 Å². The second-order valence-electron chi connectivity index (χ2n) is 3.86. The molecule has 0 saturated heterocycles. The van der Waals surface area contributed by atoms with Crippen molar-refractivity contribution >= 4 is 23.2 Å². The number of non-ortho nitro benzene ring substituents is 1. The zero-order valence-corrected chi connectivity index (χ0v) is 11.0. The van der Waals surface area contributed by atoms with Crippen molar-refractivity contribution in [3.8, 4) is 0 Å². The molecule has 9 heteroatoms. The predicted octanol–water partition coefficient (Wildman–Crippen LogP) is 3.27. The molecule has 0 saturated carbocycles. The second-order valence-corrected chi connectivity index (χ2v) is 4.26. The Hall–Kier alpha value is -1.83. The standard InChI is InChI=1S/C11H10ClF3N2O3/c1-2-16(6-11(13,14)15)10(18)8-5-7(17(19)20)3-4-9(8)12/h3-5H,2,6H2,1H3. The van der Waals surface area contributed by atoms with Crippen LogP contribution in [0.1, 0.15) is 17.3 Å². The maximum absolute atomic E-state index is 12.3. The number of amides is 1. The fourth-order valence-electron chi connectivity index (χ4n) is 1.50. The highest BCUT2D eigenvalue weighted by Crippen LogP contribution is 2.25. The fourth-order valence-corrected chi connectivity index (χ4v) is 1.70. The molecule has 1 aromatic rings. The van der Waals surface area contributed by atoms with Crippen molar-refractivity contribution in [2.24, 2.45) is 0 Å². The van der Waals surface area contributed by atoms with Crippen LogP contribution in [-0.4, -0.2) is 35.0 Å². The molecule has 0 spiro atoms. The number of halogens is 4. The lowest BCUT2D eigenvalue weighted by atomic mass is 10.1. The van der Waals surface area contributed by atoms with Crippen LogP contribution in [0.3, 0.4) is 0 Å². The van der Waals surface area contributed by atoms with Gasteiger partial charge < -0.3 is 4.90 Å². The summed E-state index contributed by atoms with van der Waals surface area (Å²) in [6, 6.07) is 3.04. The SMILES string of the molecule is CCN(CC(F)(F)F)C(=O)c1cc([N+](=O)[O-])ccc1Cl. The van der Waals surface area contributed by atoms with E-state index in [1.165, 1.54) is 6.92 Å². The van der Waals surface area contributed by atoms with Gasteiger partial charge >= 0.3 is 6.18 Å². The Kier molecular flexibility index (Phi) is 4.93. The van der Waals surface area contributed by atoms with Crippen LogP contribution in [0.15, 0.2) is 18.2 Å². The van der Waals surface area contributed by atoms with Crippen molar-refractivity contribution in [3.63, 3.8) is 0 Å². The van der Waals surface area contributed by atoms with Crippen molar-refractivity contribution in [2.75, 3.05) is 13.1 Å². The van der Waals surface area contributed by atoms with Crippen LogP contribution in [0.5, 0.6) is 0 Å². The van der Waals surface area contributed by atoms with Crippen LogP contribution in [-0.2, 0) is 0 Å². The van der Waals surface area contributed by atoms with E-state index in [0.717, 1.165) is 18.2 Å². The van der Waals surface area contributed by atoms with E-state index in [4.69, 9.17) is 11.6 Å². The van der Waals surface area contributed by atoms with Crippen LogP contribution in [0.25, 0.3) is 0 Å². The largest absolute Gasteiger partial charge is 0.406 e. The molecule has 0 aliphatic rings. The molecule has 0 atom stereocenters. The topological polar surface area (TPSA) is 63.5 Å². The minimum absolute atomic E-state index is 0.138. The van der Waals surface area contributed by atoms with Gasteiger partial charge in [0.25, 0.3) is 11.6 Å². The summed E-state index contributed by atoms with van der Waals surface area (Å²) >= 11 is 5.72. The van der Waals surface area contributed by atoms with Gasteiger partial charge in [0.05, 0.1) is 15.5 Å². The van der Waals surface area contributed by atoms with Gasteiger partial charge in [-0.2, -0.15) is 13.2 Å². The normalized spacial score (nSPS) is 11.2. The van der Waals surface area contributed by atoms with E-state index in [-0.39, 0.29) is 17.1 Å². The fraction of sp³-hybridized carbons (Fsp3) is 0.364. The highest BCUT2D eigenvalue weighted by Gasteiger charge is 2.33. The van der Waals surface area contributed by atoms with Crippen molar-refractivity contribution < 1.29 is 22.9 Å². The third-order valence-corrected chi connectivity index (χ3v) is 2.76. The highest BCUT2D eigenvalue weighted by atomic mass is 35.5. The molecule has 0 aliphatic carbocycles. The number of nitro groups is 1. The van der Waals surface area contributed by atoms with Crippen molar-refractivity contribution in [3.05, 3.63) is 38.9 Å². The first-order chi connectivity index (χ1) is 9.15. The smallest absolute Gasteiger partial charge is 0.330 e. The number of nitrogens with zero attached hydrogens (tertiary/aromatic N) is 2. The summed E-state index contributed by atoms with van der Waals surface area (Å²) in [6.07, 6.45) is -4.56. The average Bonchev–Trinajstić information content (AvgIpc) is 2.34. The molecule has 1 amide bonds. The quantitative estimate of drug-likeness (QED) is 0.633. The second kappa shape index (κ2) is 6.08. The Bertz CT molecular complexity index is 534. The van der Waals surface area contributed by atoms with E-state index in [1.54, 1.807) is 0 Å². The Labute approximate surface area is 117 Å². The third kappa shape index (κ3) is 4.09. The average molecular weight is 311 g/mol. The molecule has 0 aliphatic heterocycles. The first-order valence-electron chi connectivity index (χ1n) is 5.45. The molecular weight excluding hydrogens is 301 g/mol. The van der Waals surface area contributed by atoms with E-state index in [0.29, 0.717) is 4.90 Å². The number of carbonyl (C=O) groups is 1. The number of nitro benzene ring substituents is 1. The highest BCUT2D eigenvalue weighted by molar-refractivity contribution is 6.33. The monoisotopic (exact) mass is 310 g/mol. The summed E-state index contributed by atoms with van der Waals surface area (Å²) in [7, 11) is 0. The van der Waals surface area contributed by atoms with E-state index < -0.39 is 29.2 Å². The summed E-state index contributed by atoms with van der Waals surface area (Å²) in [5.41, 5.74) is -0.743. The third-order valence-electron chi connectivity index (χ3n) is 2.43. The van der Waals surface area contributed by atoms with Crippen LogP contribution in [0, 0.1) is 10.1 Å². The number of alkyl halides is 3. The molecule has 110 valence electrons. The number of hydrogen-bond acceptors (Lipinski definition) is 3. The van der Waals surface area contributed by atoms with Crippen LogP contribution < -0.4 is 0 Å². The Morgan fingerprint density at radius 1 is 1.45 bits per heavy atom. The molecule has 1 aromatic carbocycles. The zero-order valence-electron chi connectivity index (χ0n) is 10.3. The number of rotatable bonds is 4. The Morgan fingerprint density at radius 2 is 2.05 bits per heavy atom. The lowest BCUT2D eigenvalue weighted by Gasteiger charge is -2.22. The molecule has 0 bridgehead atoms. The van der Waals surface area contributed by atoms with Gasteiger partial charge in [-0.25, -0.2) is 0 Å². The summed E-state index contributed by atoms with van der Waals surface area (Å²) < 4.78 is 37.0. The summed E-state index contributed by atoms with van der Waals surface area (Å²) in [5, 5.41) is 10.5. The van der Waals surface area contributed by atoms with Gasteiger partial charge in [-0.15, -0.1) is 0 Å². The lowest BCUT2D eigenvalue weighted by Crippen LogP contribution is -2.38. The molecule has 0 N–H and O–H groups in total. The molecular formula is C11H10ClF3N2O3. The molecule has 5 nitrogen and oxygen atoms in total. The zero-order chi connectivity index (χ0) is 15.5. The van der Waals surface area contributed by atoms with E-state index in [9.17, 15) is 28.1 Å². The number of carbonyl (C=O) groups excluding carboxylic acids is 1. The van der Waals surface area contributed by atoms with Crippen LogP contribution in [0.2, 0.25) is 5.02 Å². The first-order valence-corrected chi connectivity index (χ1v) is 5.83. The van der Waals surface area contributed by atoms with E-state index >= 15 is 0 Å². The van der Waals surface area contributed by atoms with Gasteiger partial charge in [-0.1, -0.05) is 11.6 Å². The van der Waals surface area contributed by atoms with Gasteiger partial charge in [0, 0.05) is 18.7 Å². The molecule has 1 rings (SSSR count). The first kappa shape index (κ1) is 16.2. The summed E-state index contributed by atoms with van der Waals surface area (Å²) in [6.45, 7) is -0.270. The van der Waals surface area contributed by atoms with Crippen LogP contribution in [0.4, 0.5) is 18.9 Å². The minimum Gasteiger partial charge on any atom is -0.330 e. The van der Waals surface area contributed by atoms with Gasteiger partial charge in [0.2, 0.25) is 0 Å². The number of benzene rings is 1. The van der Waals surface area contributed by atoms with Crippen LogP contribution >= 0.6 is 11.6 Å². The molecule has 0 heterocycles. The Balaban J connectivity index is 3.12. The Morgan fingerprint density at radius 3 is 2.50 bits per heavy atom. The van der Waals surface area contributed by atoms with E-state index in [2.05, 4.69) is 0 Å². The molecule has 0 unspecified atom stereocenters. The molecule has 0 radical (unpaired) electrons.